The normalized spacial score (nSPS) is 9.91. The van der Waals surface area contributed by atoms with Gasteiger partial charge in [0.2, 0.25) is 5.91 Å². The summed E-state index contributed by atoms with van der Waals surface area (Å²) in [6, 6.07) is 17.1. The summed E-state index contributed by atoms with van der Waals surface area (Å²) in [7, 11) is 0. The Morgan fingerprint density at radius 3 is 2.87 bits per heavy atom. The van der Waals surface area contributed by atoms with Crippen molar-refractivity contribution in [3.8, 4) is 11.8 Å². The monoisotopic (exact) mass is 326 g/mol. The minimum Gasteiger partial charge on any atom is -0.493 e. The Bertz CT molecular complexity index is 710. The molecule has 0 saturated heterocycles. The van der Waals surface area contributed by atoms with Crippen LogP contribution in [0.2, 0.25) is 0 Å². The molecular weight excluding hydrogens is 308 g/mol. The topological polar surface area (TPSA) is 62.1 Å². The largest absolute Gasteiger partial charge is 0.493 e. The Labute approximate surface area is 140 Å². The molecule has 0 saturated carbocycles. The van der Waals surface area contributed by atoms with Crippen LogP contribution in [0.5, 0.6) is 5.75 Å². The van der Waals surface area contributed by atoms with E-state index in [0.717, 1.165) is 28.5 Å². The van der Waals surface area contributed by atoms with Crippen LogP contribution in [0.3, 0.4) is 0 Å². The number of rotatable bonds is 7. The Balaban J connectivity index is 1.73. The van der Waals surface area contributed by atoms with Crippen molar-refractivity contribution in [2.45, 2.75) is 12.7 Å². The van der Waals surface area contributed by atoms with E-state index >= 15 is 0 Å². The minimum absolute atomic E-state index is 0.0668. The van der Waals surface area contributed by atoms with Crippen molar-refractivity contribution in [2.24, 2.45) is 0 Å². The average Bonchev–Trinajstić information content (AvgIpc) is 2.54. The van der Waals surface area contributed by atoms with Gasteiger partial charge in [-0.25, -0.2) is 0 Å². The van der Waals surface area contributed by atoms with Crippen LogP contribution >= 0.6 is 11.8 Å². The lowest BCUT2D eigenvalue weighted by Crippen LogP contribution is -2.05. The molecule has 1 amide bonds. The predicted octanol–water partition coefficient (Wildman–Crippen LogP) is 3.83. The molecular formula is C18H18N2O2S. The smallest absolute Gasteiger partial charge is 0.221 e. The molecule has 0 fully saturated rings. The SMILES string of the molecule is CC(=O)Nc1cccc(CSCCOc2cccc(C#N)c2)c1. The third-order valence-corrected chi connectivity index (χ3v) is 3.97. The number of nitrogens with one attached hydrogen (secondary N) is 1. The van der Waals surface area contributed by atoms with Gasteiger partial charge in [0.1, 0.15) is 5.75 Å². The van der Waals surface area contributed by atoms with E-state index in [9.17, 15) is 4.79 Å². The van der Waals surface area contributed by atoms with Crippen molar-refractivity contribution in [3.63, 3.8) is 0 Å². The Morgan fingerprint density at radius 1 is 1.26 bits per heavy atom. The zero-order valence-electron chi connectivity index (χ0n) is 12.9. The van der Waals surface area contributed by atoms with E-state index in [1.54, 1.807) is 23.9 Å². The molecule has 0 heterocycles. The van der Waals surface area contributed by atoms with Gasteiger partial charge in [-0.05, 0) is 35.9 Å². The number of ether oxygens (including phenoxy) is 1. The molecule has 0 bridgehead atoms. The van der Waals surface area contributed by atoms with Crippen LogP contribution in [0.4, 0.5) is 5.69 Å². The summed E-state index contributed by atoms with van der Waals surface area (Å²) >= 11 is 1.76. The van der Waals surface area contributed by atoms with E-state index in [2.05, 4.69) is 11.4 Å². The number of carbonyl (C=O) groups is 1. The van der Waals surface area contributed by atoms with Gasteiger partial charge in [-0.1, -0.05) is 18.2 Å². The van der Waals surface area contributed by atoms with E-state index in [-0.39, 0.29) is 5.91 Å². The van der Waals surface area contributed by atoms with Crippen LogP contribution in [-0.4, -0.2) is 18.3 Å². The number of hydrogen-bond acceptors (Lipinski definition) is 4. The number of thioether (sulfide) groups is 1. The van der Waals surface area contributed by atoms with Gasteiger partial charge in [0.05, 0.1) is 18.2 Å². The maximum absolute atomic E-state index is 11.1. The summed E-state index contributed by atoms with van der Waals surface area (Å²) in [5, 5.41) is 11.6. The molecule has 118 valence electrons. The number of carbonyl (C=O) groups excluding carboxylic acids is 1. The maximum atomic E-state index is 11.1. The molecule has 0 spiro atoms. The van der Waals surface area contributed by atoms with E-state index in [4.69, 9.17) is 10.00 Å². The molecule has 5 heteroatoms. The van der Waals surface area contributed by atoms with Crippen molar-refractivity contribution in [2.75, 3.05) is 17.7 Å². The second-order valence-electron chi connectivity index (χ2n) is 4.92. The predicted molar refractivity (Wildman–Crippen MR) is 93.6 cm³/mol. The lowest BCUT2D eigenvalue weighted by atomic mass is 10.2. The quantitative estimate of drug-likeness (QED) is 0.786. The second kappa shape index (κ2) is 8.86. The molecule has 0 aliphatic rings. The molecule has 0 aromatic heterocycles. The fourth-order valence-corrected chi connectivity index (χ4v) is 2.77. The average molecular weight is 326 g/mol. The van der Waals surface area contributed by atoms with Crippen molar-refractivity contribution in [3.05, 3.63) is 59.7 Å². The van der Waals surface area contributed by atoms with Crippen molar-refractivity contribution < 1.29 is 9.53 Å². The van der Waals surface area contributed by atoms with Crippen LogP contribution in [0, 0.1) is 11.3 Å². The molecule has 0 radical (unpaired) electrons. The minimum atomic E-state index is -0.0668. The molecule has 0 unspecified atom stereocenters. The first-order chi connectivity index (χ1) is 11.2. The van der Waals surface area contributed by atoms with Gasteiger partial charge in [-0.3, -0.25) is 4.79 Å². The first kappa shape index (κ1) is 16.9. The molecule has 2 aromatic rings. The van der Waals surface area contributed by atoms with E-state index < -0.39 is 0 Å². The lowest BCUT2D eigenvalue weighted by molar-refractivity contribution is -0.114. The van der Waals surface area contributed by atoms with E-state index in [1.165, 1.54) is 6.92 Å². The molecule has 0 aliphatic carbocycles. The van der Waals surface area contributed by atoms with Gasteiger partial charge in [0.25, 0.3) is 0 Å². The number of nitrogens with zero attached hydrogens (tertiary/aromatic N) is 1. The molecule has 4 nitrogen and oxygen atoms in total. The van der Waals surface area contributed by atoms with Crippen LogP contribution in [-0.2, 0) is 10.5 Å². The summed E-state index contributed by atoms with van der Waals surface area (Å²) in [6.07, 6.45) is 0. The highest BCUT2D eigenvalue weighted by molar-refractivity contribution is 7.98. The van der Waals surface area contributed by atoms with Gasteiger partial charge >= 0.3 is 0 Å². The van der Waals surface area contributed by atoms with Crippen molar-refractivity contribution in [1.82, 2.24) is 0 Å². The number of benzene rings is 2. The standard InChI is InChI=1S/C18H18N2O2S/c1-14(21)20-17-6-2-5-16(10-17)13-23-9-8-22-18-7-3-4-15(11-18)12-19/h2-7,10-11H,8-9,13H2,1H3,(H,20,21). The highest BCUT2D eigenvalue weighted by Crippen LogP contribution is 2.17. The first-order valence-corrected chi connectivity index (χ1v) is 8.40. The molecule has 2 rings (SSSR count). The lowest BCUT2D eigenvalue weighted by Gasteiger charge is -2.07. The van der Waals surface area contributed by atoms with Crippen LogP contribution < -0.4 is 10.1 Å². The summed E-state index contributed by atoms with van der Waals surface area (Å²) in [6.45, 7) is 2.09. The van der Waals surface area contributed by atoms with Crippen LogP contribution in [0.1, 0.15) is 18.1 Å². The second-order valence-corrected chi connectivity index (χ2v) is 6.03. The highest BCUT2D eigenvalue weighted by atomic mass is 32.2. The Morgan fingerprint density at radius 2 is 2.09 bits per heavy atom. The third-order valence-electron chi connectivity index (χ3n) is 2.98. The molecule has 2 aromatic carbocycles. The van der Waals surface area contributed by atoms with Gasteiger partial charge in [-0.15, -0.1) is 0 Å². The molecule has 0 aliphatic heterocycles. The van der Waals surface area contributed by atoms with Gasteiger partial charge in [0.15, 0.2) is 0 Å². The highest BCUT2D eigenvalue weighted by Gasteiger charge is 2.00. The van der Waals surface area contributed by atoms with Crippen molar-refractivity contribution >= 4 is 23.4 Å². The summed E-state index contributed by atoms with van der Waals surface area (Å²) in [4.78, 5) is 11.1. The maximum Gasteiger partial charge on any atom is 0.221 e. The fourth-order valence-electron chi connectivity index (χ4n) is 2.01. The Kier molecular flexibility index (Phi) is 6.52. The van der Waals surface area contributed by atoms with Crippen LogP contribution in [0.15, 0.2) is 48.5 Å². The van der Waals surface area contributed by atoms with Crippen LogP contribution in [0.25, 0.3) is 0 Å². The number of anilines is 1. The summed E-state index contributed by atoms with van der Waals surface area (Å²) in [5.41, 5.74) is 2.58. The molecule has 0 atom stereocenters. The van der Waals surface area contributed by atoms with E-state index in [0.29, 0.717) is 12.2 Å². The van der Waals surface area contributed by atoms with Gasteiger partial charge < -0.3 is 10.1 Å². The van der Waals surface area contributed by atoms with Crippen molar-refractivity contribution in [1.29, 1.82) is 5.26 Å². The zero-order chi connectivity index (χ0) is 16.5. The fraction of sp³-hybridized carbons (Fsp3) is 0.222. The van der Waals surface area contributed by atoms with E-state index in [1.807, 2.05) is 36.4 Å². The summed E-state index contributed by atoms with van der Waals surface area (Å²) in [5.74, 6) is 2.36. The summed E-state index contributed by atoms with van der Waals surface area (Å²) < 4.78 is 5.63. The third kappa shape index (κ3) is 6.05. The van der Waals surface area contributed by atoms with Gasteiger partial charge in [0, 0.05) is 24.1 Å². The molecule has 1 N–H and O–H groups in total. The number of hydrogen-bond donors (Lipinski definition) is 1. The zero-order valence-corrected chi connectivity index (χ0v) is 13.7. The first-order valence-electron chi connectivity index (χ1n) is 7.24. The Hall–Kier alpha value is -2.45. The van der Waals surface area contributed by atoms with Gasteiger partial charge in [-0.2, -0.15) is 17.0 Å². The number of nitriles is 1. The number of amides is 1. The molecule has 23 heavy (non-hydrogen) atoms.